The third-order valence-electron chi connectivity index (χ3n) is 3.30. The Morgan fingerprint density at radius 1 is 1.21 bits per heavy atom. The van der Waals surface area contributed by atoms with Crippen LogP contribution < -0.4 is 16.4 Å². The summed E-state index contributed by atoms with van der Waals surface area (Å²) in [6.45, 7) is 0.426. The molecule has 0 saturated carbocycles. The zero-order valence-electron chi connectivity index (χ0n) is 12.6. The molecule has 0 aliphatic rings. The van der Waals surface area contributed by atoms with E-state index < -0.39 is 0 Å². The summed E-state index contributed by atoms with van der Waals surface area (Å²) in [6.07, 6.45) is 2.86. The zero-order chi connectivity index (χ0) is 16.9. The van der Waals surface area contributed by atoms with Crippen LogP contribution in [0.15, 0.2) is 62.9 Å². The summed E-state index contributed by atoms with van der Waals surface area (Å²) in [5, 5.41) is 6.87. The van der Waals surface area contributed by atoms with Crippen molar-refractivity contribution < 1.29 is 9.21 Å². The number of pyridine rings is 1. The van der Waals surface area contributed by atoms with Gasteiger partial charge >= 0.3 is 0 Å². The number of aromatic nitrogens is 3. The van der Waals surface area contributed by atoms with Crippen molar-refractivity contribution in [3.63, 3.8) is 0 Å². The van der Waals surface area contributed by atoms with E-state index >= 15 is 0 Å². The number of aromatic amines is 1. The molecular formula is C16H14N4O4. The van der Waals surface area contributed by atoms with Gasteiger partial charge < -0.3 is 14.7 Å². The number of hydrogen-bond acceptors (Lipinski definition) is 5. The number of furan rings is 1. The molecule has 0 fully saturated rings. The normalized spacial score (nSPS) is 10.5. The molecular weight excluding hydrogens is 312 g/mol. The Labute approximate surface area is 135 Å². The first-order chi connectivity index (χ1) is 11.6. The zero-order valence-corrected chi connectivity index (χ0v) is 12.6. The van der Waals surface area contributed by atoms with Gasteiger partial charge in [-0.25, -0.2) is 4.68 Å². The molecule has 122 valence electrons. The molecule has 0 spiro atoms. The van der Waals surface area contributed by atoms with Gasteiger partial charge in [0.05, 0.1) is 18.4 Å². The minimum Gasteiger partial charge on any atom is -0.463 e. The van der Waals surface area contributed by atoms with Crippen LogP contribution in [0.5, 0.6) is 0 Å². The summed E-state index contributed by atoms with van der Waals surface area (Å²) in [5.74, 6) is 0.211. The van der Waals surface area contributed by atoms with E-state index in [2.05, 4.69) is 15.4 Å². The largest absolute Gasteiger partial charge is 0.463 e. The fourth-order valence-electron chi connectivity index (χ4n) is 2.09. The Bertz CT molecular complexity index is 936. The van der Waals surface area contributed by atoms with Gasteiger partial charge in [-0.1, -0.05) is 0 Å². The molecule has 1 amide bonds. The van der Waals surface area contributed by atoms with Crippen LogP contribution in [-0.4, -0.2) is 27.2 Å². The summed E-state index contributed by atoms with van der Waals surface area (Å²) in [5.41, 5.74) is 0.312. The summed E-state index contributed by atoms with van der Waals surface area (Å²) < 4.78 is 6.50. The van der Waals surface area contributed by atoms with Crippen LogP contribution in [0, 0.1) is 0 Å². The fourth-order valence-corrected chi connectivity index (χ4v) is 2.09. The predicted molar refractivity (Wildman–Crippen MR) is 85.6 cm³/mol. The number of hydrogen-bond donors (Lipinski definition) is 2. The van der Waals surface area contributed by atoms with E-state index in [4.69, 9.17) is 4.42 Å². The van der Waals surface area contributed by atoms with Crippen LogP contribution in [0.4, 0.5) is 0 Å². The highest BCUT2D eigenvalue weighted by molar-refractivity contribution is 5.93. The number of carbonyl (C=O) groups is 1. The molecule has 3 heterocycles. The Morgan fingerprint density at radius 3 is 2.79 bits per heavy atom. The second kappa shape index (κ2) is 6.78. The number of carbonyl (C=O) groups excluding carboxylic acids is 1. The highest BCUT2D eigenvalue weighted by Gasteiger charge is 2.07. The van der Waals surface area contributed by atoms with Crippen molar-refractivity contribution in [3.8, 4) is 11.5 Å². The van der Waals surface area contributed by atoms with Crippen LogP contribution in [0.1, 0.15) is 10.4 Å². The molecule has 0 radical (unpaired) electrons. The molecule has 3 rings (SSSR count). The number of nitrogens with one attached hydrogen (secondary N) is 2. The lowest BCUT2D eigenvalue weighted by molar-refractivity contribution is 0.0951. The van der Waals surface area contributed by atoms with Gasteiger partial charge in [0.2, 0.25) is 5.56 Å². The predicted octanol–water partition coefficient (Wildman–Crippen LogP) is 0.622. The molecule has 0 bridgehead atoms. The number of amides is 1. The molecule has 0 atom stereocenters. The number of nitrogens with zero attached hydrogens (tertiary/aromatic N) is 2. The first-order valence-electron chi connectivity index (χ1n) is 7.22. The molecule has 0 aliphatic heterocycles. The van der Waals surface area contributed by atoms with E-state index in [1.807, 2.05) is 0 Å². The van der Waals surface area contributed by atoms with Crippen molar-refractivity contribution in [1.29, 1.82) is 0 Å². The van der Waals surface area contributed by atoms with E-state index in [1.54, 1.807) is 18.2 Å². The third kappa shape index (κ3) is 3.49. The molecule has 3 aromatic heterocycles. The van der Waals surface area contributed by atoms with Crippen LogP contribution in [0.25, 0.3) is 11.5 Å². The molecule has 0 saturated heterocycles. The van der Waals surface area contributed by atoms with Crippen LogP contribution in [-0.2, 0) is 6.54 Å². The van der Waals surface area contributed by atoms with E-state index in [1.165, 1.54) is 35.3 Å². The van der Waals surface area contributed by atoms with E-state index in [9.17, 15) is 14.4 Å². The van der Waals surface area contributed by atoms with Crippen LogP contribution in [0.2, 0.25) is 0 Å². The number of rotatable bonds is 5. The molecule has 0 unspecified atom stereocenters. The first-order valence-corrected chi connectivity index (χ1v) is 7.22. The Balaban J connectivity index is 1.65. The topological polar surface area (TPSA) is 110 Å². The van der Waals surface area contributed by atoms with Gasteiger partial charge in [-0.3, -0.25) is 14.4 Å². The summed E-state index contributed by atoms with van der Waals surface area (Å²) >= 11 is 0. The van der Waals surface area contributed by atoms with Crippen molar-refractivity contribution in [2.75, 3.05) is 6.54 Å². The van der Waals surface area contributed by atoms with Gasteiger partial charge in [0.15, 0.2) is 5.76 Å². The smallest absolute Gasteiger partial charge is 0.266 e. The summed E-state index contributed by atoms with van der Waals surface area (Å²) in [7, 11) is 0. The lowest BCUT2D eigenvalue weighted by atomic mass is 10.3. The van der Waals surface area contributed by atoms with Crippen molar-refractivity contribution in [1.82, 2.24) is 20.1 Å². The standard InChI is InChI=1S/C16H14N4O4/c21-14-5-3-11(10-18-14)16(23)17-7-8-20-15(22)6-4-12(19-20)13-2-1-9-24-13/h1-6,9-10H,7-8H2,(H,17,23)(H,18,21). The van der Waals surface area contributed by atoms with Gasteiger partial charge in [-0.05, 0) is 24.3 Å². The van der Waals surface area contributed by atoms with Crippen LogP contribution >= 0.6 is 0 Å². The molecule has 3 aromatic rings. The van der Waals surface area contributed by atoms with E-state index in [-0.39, 0.29) is 30.1 Å². The van der Waals surface area contributed by atoms with Gasteiger partial charge in [0, 0.05) is 24.9 Å². The second-order valence-electron chi connectivity index (χ2n) is 4.95. The summed E-state index contributed by atoms with van der Waals surface area (Å²) in [4.78, 5) is 37.2. The van der Waals surface area contributed by atoms with E-state index in [0.717, 1.165) is 0 Å². The third-order valence-corrected chi connectivity index (χ3v) is 3.30. The lowest BCUT2D eigenvalue weighted by Gasteiger charge is -2.07. The quantitative estimate of drug-likeness (QED) is 0.714. The van der Waals surface area contributed by atoms with Gasteiger partial charge in [0.25, 0.3) is 11.5 Å². The average Bonchev–Trinajstić information content (AvgIpc) is 3.11. The highest BCUT2D eigenvalue weighted by Crippen LogP contribution is 2.14. The Hall–Kier alpha value is -3.42. The van der Waals surface area contributed by atoms with Gasteiger partial charge in [0.1, 0.15) is 5.69 Å². The van der Waals surface area contributed by atoms with Crippen molar-refractivity contribution in [2.24, 2.45) is 0 Å². The average molecular weight is 326 g/mol. The maximum atomic E-state index is 11.9. The summed E-state index contributed by atoms with van der Waals surface area (Å²) in [6, 6.07) is 9.15. The van der Waals surface area contributed by atoms with E-state index in [0.29, 0.717) is 17.0 Å². The molecule has 24 heavy (non-hydrogen) atoms. The SMILES string of the molecule is O=C(NCCn1nc(-c2ccco2)ccc1=O)c1ccc(=O)[nH]c1. The van der Waals surface area contributed by atoms with Gasteiger partial charge in [-0.15, -0.1) is 0 Å². The lowest BCUT2D eigenvalue weighted by Crippen LogP contribution is -2.32. The monoisotopic (exact) mass is 326 g/mol. The maximum Gasteiger partial charge on any atom is 0.266 e. The number of H-pyrrole nitrogens is 1. The molecule has 8 heteroatoms. The fraction of sp³-hybridized carbons (Fsp3) is 0.125. The van der Waals surface area contributed by atoms with Crippen molar-refractivity contribution in [3.05, 3.63) is 75.1 Å². The van der Waals surface area contributed by atoms with Crippen molar-refractivity contribution >= 4 is 5.91 Å². The molecule has 8 nitrogen and oxygen atoms in total. The second-order valence-corrected chi connectivity index (χ2v) is 4.95. The minimum absolute atomic E-state index is 0.211. The van der Waals surface area contributed by atoms with Crippen LogP contribution in [0.3, 0.4) is 0 Å². The first kappa shape index (κ1) is 15.5. The maximum absolute atomic E-state index is 11.9. The molecule has 0 aromatic carbocycles. The Kier molecular flexibility index (Phi) is 4.37. The minimum atomic E-state index is -0.346. The molecule has 0 aliphatic carbocycles. The Morgan fingerprint density at radius 2 is 2.08 bits per heavy atom. The van der Waals surface area contributed by atoms with Crippen molar-refractivity contribution in [2.45, 2.75) is 6.54 Å². The highest BCUT2D eigenvalue weighted by atomic mass is 16.3. The molecule has 2 N–H and O–H groups in total. The van der Waals surface area contributed by atoms with Gasteiger partial charge in [-0.2, -0.15) is 5.10 Å².